The third kappa shape index (κ3) is 2.90. The summed E-state index contributed by atoms with van der Waals surface area (Å²) in [4.78, 5) is 10.9. The van der Waals surface area contributed by atoms with E-state index < -0.39 is 5.60 Å². The molecule has 0 fully saturated rings. The maximum atomic E-state index is 12.9. The highest BCUT2D eigenvalue weighted by atomic mass is 19.1. The van der Waals surface area contributed by atoms with Crippen LogP contribution in [-0.2, 0) is 4.79 Å². The number of allylic oxidation sites excluding steroid dienone is 2. The van der Waals surface area contributed by atoms with Crippen molar-refractivity contribution in [1.29, 1.82) is 0 Å². The molecule has 0 atom stereocenters. The molecular formula is C14H9FO2. The summed E-state index contributed by atoms with van der Waals surface area (Å²) < 4.78 is 12.9. The summed E-state index contributed by atoms with van der Waals surface area (Å²) in [6.45, 7) is 0. The lowest BCUT2D eigenvalue weighted by Gasteiger charge is -2.14. The van der Waals surface area contributed by atoms with E-state index in [4.69, 9.17) is 0 Å². The minimum Gasteiger partial charge on any atom is -0.370 e. The summed E-state index contributed by atoms with van der Waals surface area (Å²) in [5.74, 6) is 4.66. The van der Waals surface area contributed by atoms with Gasteiger partial charge in [-0.15, -0.1) is 0 Å². The van der Waals surface area contributed by atoms with Gasteiger partial charge in [0.1, 0.15) is 5.82 Å². The van der Waals surface area contributed by atoms with Gasteiger partial charge in [0.2, 0.25) is 0 Å². The molecular weight excluding hydrogens is 219 g/mol. The molecule has 0 aliphatic heterocycles. The first-order valence-electron chi connectivity index (χ1n) is 5.01. The molecule has 1 aliphatic carbocycles. The van der Waals surface area contributed by atoms with E-state index in [1.165, 1.54) is 36.4 Å². The van der Waals surface area contributed by atoms with Crippen LogP contribution in [0.2, 0.25) is 0 Å². The van der Waals surface area contributed by atoms with E-state index in [0.29, 0.717) is 5.56 Å². The van der Waals surface area contributed by atoms with Crippen molar-refractivity contribution in [2.24, 2.45) is 0 Å². The van der Waals surface area contributed by atoms with Gasteiger partial charge in [0.25, 0.3) is 0 Å². The topological polar surface area (TPSA) is 37.3 Å². The largest absolute Gasteiger partial charge is 0.370 e. The molecule has 0 bridgehead atoms. The number of benzene rings is 1. The van der Waals surface area contributed by atoms with Crippen molar-refractivity contribution in [1.82, 2.24) is 0 Å². The van der Waals surface area contributed by atoms with Crippen molar-refractivity contribution in [3.63, 3.8) is 0 Å². The van der Waals surface area contributed by atoms with Crippen LogP contribution in [-0.4, -0.2) is 16.5 Å². The predicted octanol–water partition coefficient (Wildman–Crippen LogP) is 1.60. The molecule has 0 saturated carbocycles. The van der Waals surface area contributed by atoms with Crippen molar-refractivity contribution in [2.45, 2.75) is 5.60 Å². The van der Waals surface area contributed by atoms with Crippen molar-refractivity contribution < 1.29 is 14.3 Å². The molecule has 84 valence electrons. The van der Waals surface area contributed by atoms with Crippen LogP contribution in [0.3, 0.4) is 0 Å². The van der Waals surface area contributed by atoms with Crippen molar-refractivity contribution in [3.8, 4) is 11.8 Å². The first-order chi connectivity index (χ1) is 8.07. The summed E-state index contributed by atoms with van der Waals surface area (Å²) in [7, 11) is 0. The van der Waals surface area contributed by atoms with Gasteiger partial charge < -0.3 is 5.11 Å². The van der Waals surface area contributed by atoms with Gasteiger partial charge in [0.05, 0.1) is 0 Å². The number of rotatable bonds is 0. The Labute approximate surface area is 98.1 Å². The van der Waals surface area contributed by atoms with Gasteiger partial charge in [-0.05, 0) is 42.5 Å². The average Bonchev–Trinajstić information content (AvgIpc) is 2.31. The maximum absolute atomic E-state index is 12.9. The number of hydrogen-bond donors (Lipinski definition) is 1. The molecule has 1 N–H and O–H groups in total. The minimum atomic E-state index is -1.46. The number of halogens is 1. The fraction of sp³-hybridized carbons (Fsp3) is 0.0714. The van der Waals surface area contributed by atoms with Gasteiger partial charge in [-0.1, -0.05) is 17.9 Å². The van der Waals surface area contributed by atoms with E-state index in [1.807, 2.05) is 0 Å². The monoisotopic (exact) mass is 228 g/mol. The van der Waals surface area contributed by atoms with Gasteiger partial charge in [-0.2, -0.15) is 0 Å². The molecule has 0 radical (unpaired) electrons. The Morgan fingerprint density at radius 1 is 1.24 bits per heavy atom. The molecule has 0 unspecified atom stereocenters. The molecule has 2 rings (SSSR count). The van der Waals surface area contributed by atoms with Gasteiger partial charge in [0, 0.05) is 5.56 Å². The first-order valence-corrected chi connectivity index (χ1v) is 5.01. The van der Waals surface area contributed by atoms with Crippen molar-refractivity contribution >= 4 is 5.78 Å². The Kier molecular flexibility index (Phi) is 2.90. The van der Waals surface area contributed by atoms with Crippen LogP contribution in [0.25, 0.3) is 0 Å². The maximum Gasteiger partial charge on any atom is 0.178 e. The lowest BCUT2D eigenvalue weighted by molar-refractivity contribution is -0.110. The van der Waals surface area contributed by atoms with E-state index >= 15 is 0 Å². The normalized spacial score (nSPS) is 16.5. The highest BCUT2D eigenvalue weighted by Gasteiger charge is 2.19. The van der Waals surface area contributed by atoms with Crippen LogP contribution in [0.1, 0.15) is 5.56 Å². The Morgan fingerprint density at radius 3 is 2.59 bits per heavy atom. The molecule has 3 heteroatoms. The summed E-state index contributed by atoms with van der Waals surface area (Å²) >= 11 is 0. The molecule has 0 spiro atoms. The molecule has 17 heavy (non-hydrogen) atoms. The van der Waals surface area contributed by atoms with Gasteiger partial charge in [0.15, 0.2) is 11.4 Å². The molecule has 0 heterocycles. The summed E-state index contributed by atoms with van der Waals surface area (Å²) in [6, 6.07) is 5.77. The second-order valence-electron chi connectivity index (χ2n) is 3.65. The van der Waals surface area contributed by atoms with E-state index in [2.05, 4.69) is 11.8 Å². The standard InChI is InChI=1S/C14H9FO2/c15-12-3-1-2-11(10-12)4-7-14(17)8-5-13(16)6-9-14/h1-3,5-6,8-10,17H. The molecule has 0 amide bonds. The zero-order valence-electron chi connectivity index (χ0n) is 8.85. The number of aliphatic hydroxyl groups is 1. The van der Waals surface area contributed by atoms with Crippen LogP contribution < -0.4 is 0 Å². The number of carbonyl (C=O) groups is 1. The second-order valence-corrected chi connectivity index (χ2v) is 3.65. The summed E-state index contributed by atoms with van der Waals surface area (Å²) in [5, 5.41) is 9.93. The number of carbonyl (C=O) groups excluding carboxylic acids is 1. The SMILES string of the molecule is O=C1C=CC(O)(C#Cc2cccc(F)c2)C=C1. The lowest BCUT2D eigenvalue weighted by atomic mass is 9.98. The lowest BCUT2D eigenvalue weighted by Crippen LogP contribution is -2.23. The van der Waals surface area contributed by atoms with E-state index in [-0.39, 0.29) is 11.6 Å². The quantitative estimate of drug-likeness (QED) is 0.685. The van der Waals surface area contributed by atoms with Crippen LogP contribution in [0, 0.1) is 17.7 Å². The third-order valence-electron chi connectivity index (χ3n) is 2.24. The van der Waals surface area contributed by atoms with Crippen LogP contribution in [0.15, 0.2) is 48.6 Å². The fourth-order valence-electron chi connectivity index (χ4n) is 1.35. The van der Waals surface area contributed by atoms with E-state index in [0.717, 1.165) is 0 Å². The van der Waals surface area contributed by atoms with Gasteiger partial charge in [-0.3, -0.25) is 4.79 Å². The zero-order valence-corrected chi connectivity index (χ0v) is 8.85. The summed E-state index contributed by atoms with van der Waals surface area (Å²) in [6.07, 6.45) is 5.11. The first kappa shape index (κ1) is 11.3. The molecule has 2 nitrogen and oxygen atoms in total. The predicted molar refractivity (Wildman–Crippen MR) is 61.5 cm³/mol. The third-order valence-corrected chi connectivity index (χ3v) is 2.24. The fourth-order valence-corrected chi connectivity index (χ4v) is 1.35. The van der Waals surface area contributed by atoms with Gasteiger partial charge >= 0.3 is 0 Å². The zero-order chi connectivity index (χ0) is 12.3. The summed E-state index contributed by atoms with van der Waals surface area (Å²) in [5.41, 5.74) is -0.989. The smallest absolute Gasteiger partial charge is 0.178 e. The van der Waals surface area contributed by atoms with Crippen LogP contribution in [0.5, 0.6) is 0 Å². The highest BCUT2D eigenvalue weighted by molar-refractivity contribution is 6.00. The Bertz CT molecular complexity index is 557. The van der Waals surface area contributed by atoms with E-state index in [9.17, 15) is 14.3 Å². The molecule has 1 aromatic rings. The molecule has 0 saturated heterocycles. The van der Waals surface area contributed by atoms with Gasteiger partial charge in [-0.25, -0.2) is 4.39 Å². The molecule has 1 aliphatic rings. The van der Waals surface area contributed by atoms with Crippen LogP contribution in [0.4, 0.5) is 4.39 Å². The second kappa shape index (κ2) is 4.36. The molecule has 0 aromatic heterocycles. The molecule has 1 aromatic carbocycles. The number of hydrogen-bond acceptors (Lipinski definition) is 2. The van der Waals surface area contributed by atoms with Crippen molar-refractivity contribution in [3.05, 3.63) is 60.0 Å². The van der Waals surface area contributed by atoms with E-state index in [1.54, 1.807) is 12.1 Å². The Balaban J connectivity index is 2.25. The average molecular weight is 228 g/mol. The highest BCUT2D eigenvalue weighted by Crippen LogP contribution is 2.12. The van der Waals surface area contributed by atoms with Crippen molar-refractivity contribution in [2.75, 3.05) is 0 Å². The minimum absolute atomic E-state index is 0.192. The number of ketones is 1. The van der Waals surface area contributed by atoms with Crippen LogP contribution >= 0.6 is 0 Å². The Morgan fingerprint density at radius 2 is 1.94 bits per heavy atom. The Hall–Kier alpha value is -2.18.